The first-order valence-corrected chi connectivity index (χ1v) is 8.17. The zero-order valence-electron chi connectivity index (χ0n) is 12.1. The molecular formula is C16H9ClN4O2S. The molecule has 0 fully saturated rings. The van der Waals surface area contributed by atoms with Crippen LogP contribution >= 0.6 is 22.9 Å². The number of fused-ring (bicyclic) bond motifs is 3. The number of carbonyl (C=O) groups is 1. The number of nitrogens with one attached hydrogen (secondary N) is 1. The van der Waals surface area contributed by atoms with Crippen LogP contribution in [0.25, 0.3) is 15.9 Å². The largest absolute Gasteiger partial charge is 0.320 e. The van der Waals surface area contributed by atoms with Gasteiger partial charge in [0.05, 0.1) is 10.9 Å². The number of rotatable bonds is 2. The van der Waals surface area contributed by atoms with Gasteiger partial charge in [0.25, 0.3) is 11.5 Å². The zero-order valence-corrected chi connectivity index (χ0v) is 13.6. The van der Waals surface area contributed by atoms with E-state index in [1.807, 2.05) is 0 Å². The molecule has 8 heteroatoms. The van der Waals surface area contributed by atoms with Crippen LogP contribution in [0.3, 0.4) is 0 Å². The zero-order chi connectivity index (χ0) is 16.7. The number of para-hydroxylation sites is 1. The highest BCUT2D eigenvalue weighted by Crippen LogP contribution is 2.19. The van der Waals surface area contributed by atoms with Gasteiger partial charge in [0.1, 0.15) is 0 Å². The van der Waals surface area contributed by atoms with E-state index in [9.17, 15) is 9.59 Å². The molecule has 1 N–H and O–H groups in total. The molecule has 2 heterocycles. The van der Waals surface area contributed by atoms with E-state index in [1.165, 1.54) is 4.52 Å². The standard InChI is InChI=1S/C16H9ClN4O2S/c17-9-4-3-5-10(8-9)18-14(23)15-20-21-12-7-2-1-6-11(12)13(22)19-16(21)24-15/h1-8H,(H,18,23). The van der Waals surface area contributed by atoms with E-state index < -0.39 is 0 Å². The van der Waals surface area contributed by atoms with Crippen LogP contribution in [0.1, 0.15) is 9.80 Å². The van der Waals surface area contributed by atoms with E-state index in [0.717, 1.165) is 11.3 Å². The summed E-state index contributed by atoms with van der Waals surface area (Å²) in [6.07, 6.45) is 0. The van der Waals surface area contributed by atoms with E-state index in [0.29, 0.717) is 26.6 Å². The molecule has 0 aliphatic heterocycles. The molecule has 0 aliphatic carbocycles. The fraction of sp³-hybridized carbons (Fsp3) is 0. The molecule has 0 radical (unpaired) electrons. The number of benzene rings is 2. The van der Waals surface area contributed by atoms with Gasteiger partial charge in [-0.05, 0) is 30.3 Å². The van der Waals surface area contributed by atoms with Crippen LogP contribution in [0.5, 0.6) is 0 Å². The highest BCUT2D eigenvalue weighted by molar-refractivity contribution is 7.18. The minimum absolute atomic E-state index is 0.207. The first kappa shape index (κ1) is 14.8. The van der Waals surface area contributed by atoms with Crippen molar-refractivity contribution >= 4 is 50.4 Å². The molecule has 4 aromatic rings. The Balaban J connectivity index is 1.79. The molecule has 1 amide bonds. The predicted octanol–water partition coefficient (Wildman–Crippen LogP) is 3.21. The van der Waals surface area contributed by atoms with Gasteiger partial charge in [-0.2, -0.15) is 4.98 Å². The number of hydrogen-bond donors (Lipinski definition) is 1. The Kier molecular flexibility index (Phi) is 3.51. The lowest BCUT2D eigenvalue weighted by atomic mass is 10.2. The van der Waals surface area contributed by atoms with Gasteiger partial charge in [-0.1, -0.05) is 41.1 Å². The smallest absolute Gasteiger partial charge is 0.286 e. The van der Waals surface area contributed by atoms with Crippen molar-refractivity contribution in [1.82, 2.24) is 14.6 Å². The summed E-state index contributed by atoms with van der Waals surface area (Å²) in [4.78, 5) is 28.8. The first-order chi connectivity index (χ1) is 11.6. The average Bonchev–Trinajstić information content (AvgIpc) is 2.99. The summed E-state index contributed by atoms with van der Waals surface area (Å²) in [7, 11) is 0. The summed E-state index contributed by atoms with van der Waals surface area (Å²) in [5.74, 6) is -0.385. The molecule has 0 unspecified atom stereocenters. The number of anilines is 1. The van der Waals surface area contributed by atoms with E-state index in [1.54, 1.807) is 48.5 Å². The third-order valence-corrected chi connectivity index (χ3v) is 4.54. The summed E-state index contributed by atoms with van der Waals surface area (Å²) in [5.41, 5.74) is 0.848. The fourth-order valence-corrected chi connectivity index (χ4v) is 3.32. The normalized spacial score (nSPS) is 11.0. The number of amides is 1. The Hall–Kier alpha value is -2.77. The Labute approximate surface area is 144 Å². The third kappa shape index (κ3) is 2.53. The Morgan fingerprint density at radius 3 is 2.83 bits per heavy atom. The van der Waals surface area contributed by atoms with Gasteiger partial charge in [-0.25, -0.2) is 4.52 Å². The number of aromatic nitrogens is 3. The molecule has 0 atom stereocenters. The minimum atomic E-state index is -0.385. The van der Waals surface area contributed by atoms with E-state index in [2.05, 4.69) is 15.4 Å². The monoisotopic (exact) mass is 356 g/mol. The Morgan fingerprint density at radius 2 is 2.00 bits per heavy atom. The molecule has 0 saturated heterocycles. The maximum absolute atomic E-state index is 12.4. The van der Waals surface area contributed by atoms with Crippen molar-refractivity contribution in [2.24, 2.45) is 0 Å². The maximum atomic E-state index is 12.4. The molecule has 6 nitrogen and oxygen atoms in total. The van der Waals surface area contributed by atoms with Crippen molar-refractivity contribution in [3.8, 4) is 0 Å². The van der Waals surface area contributed by atoms with Crippen LogP contribution in [0.15, 0.2) is 53.3 Å². The summed E-state index contributed by atoms with van der Waals surface area (Å²) >= 11 is 6.96. The lowest BCUT2D eigenvalue weighted by Crippen LogP contribution is -2.12. The lowest BCUT2D eigenvalue weighted by molar-refractivity contribution is 0.102. The summed E-state index contributed by atoms with van der Waals surface area (Å²) in [6.45, 7) is 0. The molecule has 0 spiro atoms. The van der Waals surface area contributed by atoms with Gasteiger partial charge < -0.3 is 5.32 Å². The summed E-state index contributed by atoms with van der Waals surface area (Å²) < 4.78 is 1.51. The van der Waals surface area contributed by atoms with Crippen LogP contribution in [-0.2, 0) is 0 Å². The first-order valence-electron chi connectivity index (χ1n) is 6.97. The van der Waals surface area contributed by atoms with Crippen LogP contribution in [0.2, 0.25) is 5.02 Å². The van der Waals surface area contributed by atoms with Crippen molar-refractivity contribution in [2.45, 2.75) is 0 Å². The second kappa shape index (κ2) is 5.70. The quantitative estimate of drug-likeness (QED) is 0.598. The molecule has 2 aromatic carbocycles. The van der Waals surface area contributed by atoms with Crippen LogP contribution in [0, 0.1) is 0 Å². The highest BCUT2D eigenvalue weighted by Gasteiger charge is 2.16. The predicted molar refractivity (Wildman–Crippen MR) is 94.0 cm³/mol. The van der Waals surface area contributed by atoms with Crippen molar-refractivity contribution in [1.29, 1.82) is 0 Å². The topological polar surface area (TPSA) is 76.4 Å². The minimum Gasteiger partial charge on any atom is -0.320 e. The van der Waals surface area contributed by atoms with Crippen LogP contribution in [0.4, 0.5) is 5.69 Å². The number of halogens is 1. The number of carbonyl (C=O) groups excluding carboxylic acids is 1. The van der Waals surface area contributed by atoms with Crippen LogP contribution < -0.4 is 10.9 Å². The summed E-state index contributed by atoms with van der Waals surface area (Å²) in [5, 5.41) is 8.21. The molecule has 0 saturated carbocycles. The average molecular weight is 357 g/mol. The Bertz CT molecular complexity index is 1150. The van der Waals surface area contributed by atoms with E-state index in [4.69, 9.17) is 11.6 Å². The number of hydrogen-bond acceptors (Lipinski definition) is 5. The molecule has 0 bridgehead atoms. The fourth-order valence-electron chi connectivity index (χ4n) is 2.34. The van der Waals surface area contributed by atoms with Crippen molar-refractivity contribution < 1.29 is 4.79 Å². The summed E-state index contributed by atoms with van der Waals surface area (Å²) in [6, 6.07) is 13.8. The van der Waals surface area contributed by atoms with Gasteiger partial charge in [0.2, 0.25) is 9.97 Å². The maximum Gasteiger partial charge on any atom is 0.286 e. The third-order valence-electron chi connectivity index (χ3n) is 3.40. The second-order valence-corrected chi connectivity index (χ2v) is 6.39. The van der Waals surface area contributed by atoms with Crippen molar-refractivity contribution in [2.75, 3.05) is 5.32 Å². The van der Waals surface area contributed by atoms with Gasteiger partial charge in [-0.15, -0.1) is 5.10 Å². The van der Waals surface area contributed by atoms with E-state index in [-0.39, 0.29) is 16.5 Å². The molecule has 118 valence electrons. The second-order valence-electron chi connectivity index (χ2n) is 5.00. The Morgan fingerprint density at radius 1 is 1.17 bits per heavy atom. The lowest BCUT2D eigenvalue weighted by Gasteiger charge is -2.02. The molecule has 2 aromatic heterocycles. The van der Waals surface area contributed by atoms with Crippen molar-refractivity contribution in [3.63, 3.8) is 0 Å². The van der Waals surface area contributed by atoms with Gasteiger partial charge >= 0.3 is 0 Å². The van der Waals surface area contributed by atoms with Gasteiger partial charge in [0, 0.05) is 10.7 Å². The van der Waals surface area contributed by atoms with Crippen LogP contribution in [-0.4, -0.2) is 20.5 Å². The molecule has 24 heavy (non-hydrogen) atoms. The molecule has 0 aliphatic rings. The molecular weight excluding hydrogens is 348 g/mol. The van der Waals surface area contributed by atoms with E-state index >= 15 is 0 Å². The number of nitrogens with zero attached hydrogens (tertiary/aromatic N) is 3. The molecule has 4 rings (SSSR count). The SMILES string of the molecule is O=C(Nc1cccc(Cl)c1)c1nn2c(nc(=O)c3ccccc32)s1. The van der Waals surface area contributed by atoms with Gasteiger partial charge in [-0.3, -0.25) is 9.59 Å². The van der Waals surface area contributed by atoms with Gasteiger partial charge in [0.15, 0.2) is 0 Å². The highest BCUT2D eigenvalue weighted by atomic mass is 35.5. The van der Waals surface area contributed by atoms with Crippen molar-refractivity contribution in [3.05, 3.63) is 68.9 Å².